The quantitative estimate of drug-likeness (QED) is 0.215. The molecule has 0 bridgehead atoms. The molecule has 0 aliphatic heterocycles. The topological polar surface area (TPSA) is 34.0 Å². The van der Waals surface area contributed by atoms with Gasteiger partial charge >= 0.3 is 141 Å². The Hall–Kier alpha value is -0.935. The molecule has 2 rings (SSSR count). The molecule has 0 spiro atoms. The van der Waals surface area contributed by atoms with E-state index in [-0.39, 0.29) is 0 Å². The molecule has 0 fully saturated rings. The first kappa shape index (κ1) is 19.4. The molecule has 2 aromatic rings. The number of benzene rings is 2. The summed E-state index contributed by atoms with van der Waals surface area (Å²) in [6.07, 6.45) is 4.86. The zero-order valence-electron chi connectivity index (χ0n) is 14.5. The summed E-state index contributed by atoms with van der Waals surface area (Å²) in [5, 5.41) is 8.69. The molecule has 0 aliphatic carbocycles. The van der Waals surface area contributed by atoms with Crippen LogP contribution in [0.2, 0.25) is 0 Å². The zero-order valence-corrected chi connectivity index (χ0v) is 20.7. The molecule has 124 valence electrons. The average Bonchev–Trinajstić information content (AvgIpc) is 2.61. The molecule has 2 aromatic carbocycles. The van der Waals surface area contributed by atoms with Crippen molar-refractivity contribution in [2.24, 2.45) is 10.2 Å². The molecule has 0 aliphatic rings. The minimum absolute atomic E-state index is 0.775. The van der Waals surface area contributed by atoms with Gasteiger partial charge in [-0.1, -0.05) is 19.8 Å². The molecular weight excluding hydrogens is 508 g/mol. The van der Waals surface area contributed by atoms with Crippen LogP contribution in [-0.4, -0.2) is 6.61 Å². The van der Waals surface area contributed by atoms with Gasteiger partial charge in [-0.05, 0) is 0 Å². The van der Waals surface area contributed by atoms with Gasteiger partial charge in [-0.15, -0.1) is 0 Å². The maximum absolute atomic E-state index is 6.19. The van der Waals surface area contributed by atoms with Gasteiger partial charge in [0, 0.05) is 0 Å². The Bertz CT molecular complexity index is 659. The van der Waals surface area contributed by atoms with E-state index < -0.39 is 23.3 Å². The molecule has 3 nitrogen and oxygen atoms in total. The Morgan fingerprint density at radius 3 is 2.50 bits per heavy atom. The van der Waals surface area contributed by atoms with E-state index in [0.29, 0.717) is 0 Å². The van der Waals surface area contributed by atoms with Gasteiger partial charge in [0.15, 0.2) is 0 Å². The van der Waals surface area contributed by atoms with Crippen LogP contribution in [-0.2, 0) is 23.3 Å². The number of halogens is 1. The Morgan fingerprint density at radius 1 is 1.00 bits per heavy atom. The van der Waals surface area contributed by atoms with Gasteiger partial charge in [-0.25, -0.2) is 0 Å². The van der Waals surface area contributed by atoms with E-state index in [9.17, 15) is 0 Å². The molecule has 0 unspecified atom stereocenters. The van der Waals surface area contributed by atoms with Gasteiger partial charge in [0.1, 0.15) is 0 Å². The van der Waals surface area contributed by atoms with Crippen LogP contribution in [0.5, 0.6) is 5.75 Å². The van der Waals surface area contributed by atoms with Crippen molar-refractivity contribution in [3.8, 4) is 5.75 Å². The van der Waals surface area contributed by atoms with Gasteiger partial charge in [-0.2, -0.15) is 0 Å². The summed E-state index contributed by atoms with van der Waals surface area (Å²) < 4.78 is 6.95. The molecule has 0 saturated heterocycles. The summed E-state index contributed by atoms with van der Waals surface area (Å²) in [4.78, 5) is 0. The van der Waals surface area contributed by atoms with Crippen molar-refractivity contribution in [2.75, 3.05) is 6.61 Å². The van der Waals surface area contributed by atoms with Crippen molar-refractivity contribution in [3.63, 3.8) is 0 Å². The van der Waals surface area contributed by atoms with Crippen LogP contribution in [0.3, 0.4) is 0 Å². The van der Waals surface area contributed by atoms with Crippen LogP contribution in [0.1, 0.15) is 38.2 Å². The number of rotatable bonds is 9. The third kappa shape index (κ3) is 6.52. The average molecular weight is 531 g/mol. The second-order valence-electron chi connectivity index (χ2n) is 5.87. The Morgan fingerprint density at radius 2 is 1.79 bits per heavy atom. The molecule has 0 N–H and O–H groups in total. The van der Waals surface area contributed by atoms with Crippen LogP contribution >= 0.6 is 8.25 Å². The first-order valence-corrected chi connectivity index (χ1v) is 18.0. The van der Waals surface area contributed by atoms with E-state index in [1.165, 1.54) is 27.9 Å². The summed E-state index contributed by atoms with van der Waals surface area (Å²) in [5.41, 5.74) is 2.96. The molecule has 0 radical (unpaired) electrons. The monoisotopic (exact) mass is 532 g/mol. The van der Waals surface area contributed by atoms with Crippen molar-refractivity contribution in [1.82, 2.24) is 0 Å². The van der Waals surface area contributed by atoms with E-state index in [4.69, 9.17) is 13.0 Å². The second-order valence-corrected chi connectivity index (χ2v) is 12.2. The molecule has 0 aromatic heterocycles. The van der Waals surface area contributed by atoms with Crippen LogP contribution in [0.25, 0.3) is 0 Å². The van der Waals surface area contributed by atoms with Crippen LogP contribution in [0.15, 0.2) is 52.7 Å². The number of unbranched alkanes of at least 4 members (excludes halogenated alkanes) is 3. The van der Waals surface area contributed by atoms with E-state index in [0.717, 1.165) is 30.2 Å². The minimum atomic E-state index is -1.51. The predicted octanol–water partition coefficient (Wildman–Crippen LogP) is 6.23. The molecule has 0 saturated carbocycles. The molecular formula is C19H23ClHgN2O. The fourth-order valence-corrected chi connectivity index (χ4v) is 7.05. The van der Waals surface area contributed by atoms with E-state index in [2.05, 4.69) is 30.1 Å². The van der Waals surface area contributed by atoms with E-state index in [1.807, 2.05) is 36.4 Å². The van der Waals surface area contributed by atoms with E-state index >= 15 is 0 Å². The number of hydrogen-bond acceptors (Lipinski definition) is 3. The summed E-state index contributed by atoms with van der Waals surface area (Å²) in [6.45, 7) is 5.06. The first-order valence-electron chi connectivity index (χ1n) is 8.53. The number of ether oxygens (including phenoxy) is 1. The SMILES string of the molecule is CCCCCCOc1ccc(N=Nc2ccc(C)c[c]2[Hg][Cl])cc1. The normalized spacial score (nSPS) is 10.8. The standard InChI is InChI=1S/C19H23N2O.ClH.Hg/c1-3-4-5-6-15-22-19-13-11-18(12-14-19)21-20-17-9-7-16(2)8-10-17;;/h7-9,11-14H,3-6,15H2,1-2H3;1H;/q;;+1/p-1. The van der Waals surface area contributed by atoms with Gasteiger partial charge in [0.2, 0.25) is 0 Å². The van der Waals surface area contributed by atoms with E-state index in [1.54, 1.807) is 0 Å². The van der Waals surface area contributed by atoms with Gasteiger partial charge in [0.25, 0.3) is 0 Å². The van der Waals surface area contributed by atoms with Gasteiger partial charge in [0.05, 0.1) is 0 Å². The maximum atomic E-state index is 6.19. The van der Waals surface area contributed by atoms with Crippen molar-refractivity contribution in [3.05, 3.63) is 48.0 Å². The zero-order chi connectivity index (χ0) is 17.2. The van der Waals surface area contributed by atoms with Gasteiger partial charge < -0.3 is 0 Å². The third-order valence-corrected chi connectivity index (χ3v) is 9.60. The van der Waals surface area contributed by atoms with Crippen molar-refractivity contribution in [2.45, 2.75) is 39.5 Å². The summed E-state index contributed by atoms with van der Waals surface area (Å²) in [6, 6.07) is 14.0. The summed E-state index contributed by atoms with van der Waals surface area (Å²) in [7, 11) is 6.19. The Kier molecular flexibility index (Phi) is 8.75. The van der Waals surface area contributed by atoms with Crippen molar-refractivity contribution < 1.29 is 28.1 Å². The Labute approximate surface area is 160 Å². The third-order valence-electron chi connectivity index (χ3n) is 3.76. The van der Waals surface area contributed by atoms with Crippen molar-refractivity contribution in [1.29, 1.82) is 0 Å². The van der Waals surface area contributed by atoms with Crippen LogP contribution in [0, 0.1) is 6.92 Å². The summed E-state index contributed by atoms with van der Waals surface area (Å²) >= 11 is -1.51. The number of azo groups is 1. The molecule has 5 heteroatoms. The van der Waals surface area contributed by atoms with Crippen LogP contribution < -0.4 is 7.81 Å². The molecule has 0 atom stereocenters. The molecule has 24 heavy (non-hydrogen) atoms. The van der Waals surface area contributed by atoms with Gasteiger partial charge in [-0.3, -0.25) is 0 Å². The predicted molar refractivity (Wildman–Crippen MR) is 96.9 cm³/mol. The number of hydrogen-bond donors (Lipinski definition) is 0. The fourth-order valence-electron chi connectivity index (χ4n) is 2.36. The first-order chi connectivity index (χ1) is 11.7. The number of nitrogens with zero attached hydrogens (tertiary/aromatic N) is 2. The Balaban J connectivity index is 1.91. The summed E-state index contributed by atoms with van der Waals surface area (Å²) in [5.74, 6) is 0.888. The number of aryl methyl sites for hydroxylation is 1. The molecule has 0 amide bonds. The fraction of sp³-hybridized carbons (Fsp3) is 0.368. The molecule has 0 heterocycles. The second kappa shape index (κ2) is 10.8. The van der Waals surface area contributed by atoms with Crippen LogP contribution in [0.4, 0.5) is 11.4 Å². The van der Waals surface area contributed by atoms with Crippen molar-refractivity contribution >= 4 is 22.7 Å².